The van der Waals surface area contributed by atoms with Crippen LogP contribution in [0.15, 0.2) is 11.2 Å². The third-order valence-corrected chi connectivity index (χ3v) is 6.32. The van der Waals surface area contributed by atoms with Gasteiger partial charge in [0, 0.05) is 30.2 Å². The second-order valence-corrected chi connectivity index (χ2v) is 8.37. The highest BCUT2D eigenvalue weighted by atomic mass is 32.1. The Morgan fingerprint density at radius 2 is 2.25 bits per heavy atom. The van der Waals surface area contributed by atoms with E-state index in [1.807, 2.05) is 13.2 Å². The van der Waals surface area contributed by atoms with E-state index < -0.39 is 0 Å². The average molecular weight is 352 g/mol. The van der Waals surface area contributed by atoms with Crippen LogP contribution in [0.25, 0.3) is 0 Å². The van der Waals surface area contributed by atoms with E-state index in [9.17, 15) is 0 Å². The number of likely N-dealkylation sites (N-methyl/N-ethyl adjacent to an activating group) is 1. The number of aliphatic imine (C=N–C) groups is 1. The first-order chi connectivity index (χ1) is 11.5. The Morgan fingerprint density at radius 1 is 1.46 bits per heavy atom. The van der Waals surface area contributed by atoms with Crippen LogP contribution in [0.3, 0.4) is 0 Å². The fourth-order valence-corrected chi connectivity index (χ4v) is 4.38. The molecular weight excluding hydrogens is 318 g/mol. The minimum absolute atomic E-state index is 0.228. The number of hydrogen-bond donors (Lipinski definition) is 2. The van der Waals surface area contributed by atoms with E-state index in [1.54, 1.807) is 11.3 Å². The lowest BCUT2D eigenvalue weighted by Gasteiger charge is -2.45. The van der Waals surface area contributed by atoms with Gasteiger partial charge in [0.25, 0.3) is 0 Å². The largest absolute Gasteiger partial charge is 0.355 e. The quantitative estimate of drug-likeness (QED) is 0.611. The average Bonchev–Trinajstić information content (AvgIpc) is 3.03. The normalized spacial score (nSPS) is 25.1. The second kappa shape index (κ2) is 8.81. The molecule has 1 saturated carbocycles. The Morgan fingerprint density at radius 3 is 2.83 bits per heavy atom. The molecule has 2 atom stereocenters. The zero-order valence-electron chi connectivity index (χ0n) is 15.9. The molecule has 2 rings (SSSR count). The number of aromatic nitrogens is 1. The monoisotopic (exact) mass is 351 g/mol. The Labute approximate surface area is 151 Å². The zero-order chi connectivity index (χ0) is 17.6. The van der Waals surface area contributed by atoms with E-state index in [1.165, 1.54) is 30.6 Å². The van der Waals surface area contributed by atoms with Crippen LogP contribution in [0, 0.1) is 5.92 Å². The molecule has 6 heteroatoms. The number of guanidine groups is 1. The minimum atomic E-state index is 0.228. The van der Waals surface area contributed by atoms with E-state index in [2.05, 4.69) is 53.5 Å². The van der Waals surface area contributed by atoms with E-state index in [0.717, 1.165) is 36.4 Å². The van der Waals surface area contributed by atoms with Crippen LogP contribution in [0.5, 0.6) is 0 Å². The van der Waals surface area contributed by atoms with Gasteiger partial charge in [-0.2, -0.15) is 0 Å². The Kier molecular flexibility index (Phi) is 7.04. The second-order valence-electron chi connectivity index (χ2n) is 7.17. The van der Waals surface area contributed by atoms with Crippen LogP contribution in [0.2, 0.25) is 0 Å². The summed E-state index contributed by atoms with van der Waals surface area (Å²) in [6.07, 6.45) is 8.19. The Bertz CT molecular complexity index is 539. The molecular formula is C18H33N5S. The number of aryl methyl sites for hydroxylation is 1. The lowest BCUT2D eigenvalue weighted by molar-refractivity contribution is 0.0795. The Hall–Kier alpha value is -1.14. The van der Waals surface area contributed by atoms with Crippen LogP contribution < -0.4 is 10.6 Å². The molecule has 1 aromatic heterocycles. The molecule has 0 radical (unpaired) electrons. The lowest BCUT2D eigenvalue weighted by atomic mass is 9.75. The van der Waals surface area contributed by atoms with Crippen LogP contribution in [0.1, 0.15) is 49.4 Å². The van der Waals surface area contributed by atoms with Gasteiger partial charge in [0.05, 0.1) is 6.54 Å². The maximum atomic E-state index is 4.46. The van der Waals surface area contributed by atoms with E-state index in [0.29, 0.717) is 0 Å². The summed E-state index contributed by atoms with van der Waals surface area (Å²) in [4.78, 5) is 12.6. The molecule has 24 heavy (non-hydrogen) atoms. The van der Waals surface area contributed by atoms with Gasteiger partial charge in [0.15, 0.2) is 5.96 Å². The van der Waals surface area contributed by atoms with Crippen molar-refractivity contribution in [3.63, 3.8) is 0 Å². The number of nitrogens with zero attached hydrogens (tertiary/aromatic N) is 3. The Balaban J connectivity index is 1.89. The van der Waals surface area contributed by atoms with Crippen molar-refractivity contribution in [1.29, 1.82) is 0 Å². The predicted molar refractivity (Wildman–Crippen MR) is 104 cm³/mol. The highest BCUT2D eigenvalue weighted by molar-refractivity contribution is 7.11. The standard InChI is InChI=1S/C18H33N5S/c1-6-15-11-20-16(24-15)12-21-17(19-3)22-13-18(23(4)5)9-7-8-14(2)10-18/h11,14H,6-10,12-13H2,1-5H3,(H2,19,21,22). The number of hydrogen-bond acceptors (Lipinski definition) is 4. The van der Waals surface area contributed by atoms with Crippen LogP contribution in [-0.2, 0) is 13.0 Å². The third kappa shape index (κ3) is 4.93. The van der Waals surface area contributed by atoms with Gasteiger partial charge in [-0.1, -0.05) is 26.7 Å². The molecule has 2 unspecified atom stereocenters. The van der Waals surface area contributed by atoms with Gasteiger partial charge in [-0.3, -0.25) is 4.99 Å². The SMILES string of the molecule is CCc1cnc(CNC(=NC)NCC2(N(C)C)CCCC(C)C2)s1. The van der Waals surface area contributed by atoms with Crippen molar-refractivity contribution < 1.29 is 0 Å². The summed E-state index contributed by atoms with van der Waals surface area (Å²) in [5, 5.41) is 8.06. The molecule has 0 amide bonds. The van der Waals surface area contributed by atoms with Crippen molar-refractivity contribution in [1.82, 2.24) is 20.5 Å². The van der Waals surface area contributed by atoms with Crippen LogP contribution in [0.4, 0.5) is 0 Å². The van der Waals surface area contributed by atoms with Gasteiger partial charge in [-0.05, 0) is 39.3 Å². The minimum Gasteiger partial charge on any atom is -0.355 e. The zero-order valence-corrected chi connectivity index (χ0v) is 16.7. The van der Waals surface area contributed by atoms with E-state index >= 15 is 0 Å². The highest BCUT2D eigenvalue weighted by Gasteiger charge is 2.36. The fourth-order valence-electron chi connectivity index (χ4n) is 3.58. The summed E-state index contributed by atoms with van der Waals surface area (Å²) in [6.45, 7) is 6.20. The summed E-state index contributed by atoms with van der Waals surface area (Å²) in [6, 6.07) is 0. The summed E-state index contributed by atoms with van der Waals surface area (Å²) < 4.78 is 0. The number of thiazole rings is 1. The molecule has 1 heterocycles. The lowest BCUT2D eigenvalue weighted by Crippen LogP contribution is -2.56. The summed E-state index contributed by atoms with van der Waals surface area (Å²) in [5.74, 6) is 1.66. The van der Waals surface area contributed by atoms with Gasteiger partial charge < -0.3 is 15.5 Å². The van der Waals surface area contributed by atoms with Crippen molar-refractivity contribution >= 4 is 17.3 Å². The first kappa shape index (κ1) is 19.2. The van der Waals surface area contributed by atoms with Crippen molar-refractivity contribution in [2.45, 2.75) is 58.0 Å². The summed E-state index contributed by atoms with van der Waals surface area (Å²) >= 11 is 1.77. The molecule has 0 aliphatic heterocycles. The molecule has 0 aromatic carbocycles. The van der Waals surface area contributed by atoms with Crippen LogP contribution >= 0.6 is 11.3 Å². The topological polar surface area (TPSA) is 52.6 Å². The summed E-state index contributed by atoms with van der Waals surface area (Å²) in [7, 11) is 6.25. The predicted octanol–water partition coefficient (Wildman–Crippen LogP) is 2.88. The third-order valence-electron chi connectivity index (χ3n) is 5.18. The fraction of sp³-hybridized carbons (Fsp3) is 0.778. The van der Waals surface area contributed by atoms with Gasteiger partial charge in [0.1, 0.15) is 5.01 Å². The van der Waals surface area contributed by atoms with Crippen molar-refractivity contribution in [2.75, 3.05) is 27.7 Å². The first-order valence-corrected chi connectivity index (χ1v) is 9.86. The van der Waals surface area contributed by atoms with Crippen molar-refractivity contribution in [3.8, 4) is 0 Å². The molecule has 136 valence electrons. The highest BCUT2D eigenvalue weighted by Crippen LogP contribution is 2.35. The maximum Gasteiger partial charge on any atom is 0.191 e. The molecule has 1 fully saturated rings. The molecule has 0 saturated heterocycles. The first-order valence-electron chi connectivity index (χ1n) is 9.04. The number of nitrogens with one attached hydrogen (secondary N) is 2. The maximum absolute atomic E-state index is 4.46. The van der Waals surface area contributed by atoms with Crippen LogP contribution in [-0.4, -0.2) is 49.1 Å². The molecule has 1 aliphatic carbocycles. The summed E-state index contributed by atoms with van der Waals surface area (Å²) in [5.41, 5.74) is 0.228. The molecule has 0 spiro atoms. The van der Waals surface area contributed by atoms with Gasteiger partial charge in [-0.15, -0.1) is 11.3 Å². The van der Waals surface area contributed by atoms with Crippen molar-refractivity contribution in [3.05, 3.63) is 16.1 Å². The van der Waals surface area contributed by atoms with E-state index in [4.69, 9.17) is 0 Å². The van der Waals surface area contributed by atoms with Gasteiger partial charge >= 0.3 is 0 Å². The molecule has 2 N–H and O–H groups in total. The smallest absolute Gasteiger partial charge is 0.191 e. The molecule has 0 bridgehead atoms. The molecule has 1 aromatic rings. The molecule has 1 aliphatic rings. The number of rotatable bonds is 6. The van der Waals surface area contributed by atoms with Gasteiger partial charge in [0.2, 0.25) is 0 Å². The van der Waals surface area contributed by atoms with E-state index in [-0.39, 0.29) is 5.54 Å². The molecule has 5 nitrogen and oxygen atoms in total. The van der Waals surface area contributed by atoms with Gasteiger partial charge in [-0.25, -0.2) is 4.98 Å². The van der Waals surface area contributed by atoms with Crippen molar-refractivity contribution in [2.24, 2.45) is 10.9 Å².